The van der Waals surface area contributed by atoms with Crippen molar-refractivity contribution in [2.75, 3.05) is 6.26 Å². The molecule has 8 heteroatoms. The fourth-order valence-electron chi connectivity index (χ4n) is 1.12. The molecule has 0 aliphatic heterocycles. The van der Waals surface area contributed by atoms with Crippen molar-refractivity contribution >= 4 is 22.1 Å². The van der Waals surface area contributed by atoms with Gasteiger partial charge in [-0.3, -0.25) is 0 Å². The Kier molecular flexibility index (Phi) is 3.79. The second-order valence-electron chi connectivity index (χ2n) is 3.19. The first kappa shape index (κ1) is 13.1. The molecule has 0 saturated heterocycles. The Balaban J connectivity index is 3.17. The van der Waals surface area contributed by atoms with Crippen LogP contribution in [0.5, 0.6) is 0 Å². The highest BCUT2D eigenvalue weighted by atomic mass is 32.2. The molecule has 0 aliphatic rings. The van der Waals surface area contributed by atoms with Gasteiger partial charge < -0.3 is 5.73 Å². The molecule has 0 atom stereocenters. The van der Waals surface area contributed by atoms with E-state index in [2.05, 4.69) is 5.10 Å². The predicted molar refractivity (Wildman–Crippen MR) is 59.8 cm³/mol. The van der Waals surface area contributed by atoms with Crippen LogP contribution in [-0.4, -0.2) is 26.9 Å². The number of nitrogens with zero attached hydrogens (tertiary/aromatic N) is 1. The van der Waals surface area contributed by atoms with Crippen molar-refractivity contribution in [3.63, 3.8) is 0 Å². The van der Waals surface area contributed by atoms with E-state index in [-0.39, 0.29) is 10.5 Å². The van der Waals surface area contributed by atoms with E-state index in [1.165, 1.54) is 0 Å². The molecule has 0 spiro atoms. The third kappa shape index (κ3) is 3.83. The number of benzene rings is 1. The summed E-state index contributed by atoms with van der Waals surface area (Å²) < 4.78 is 35.7. The fraction of sp³-hybridized carbons (Fsp3) is 0.111. The Morgan fingerprint density at radius 1 is 1.53 bits per heavy atom. The normalized spacial score (nSPS) is 11.6. The van der Waals surface area contributed by atoms with Crippen molar-refractivity contribution in [1.29, 1.82) is 0 Å². The first-order valence-electron chi connectivity index (χ1n) is 4.39. The SMILES string of the molecule is CS(=O)(=O)c1ccc(F)cc1C=NNC(N)=O. The van der Waals surface area contributed by atoms with Crippen molar-refractivity contribution in [3.8, 4) is 0 Å². The zero-order chi connectivity index (χ0) is 13.1. The van der Waals surface area contributed by atoms with E-state index >= 15 is 0 Å². The van der Waals surface area contributed by atoms with Gasteiger partial charge in [0.25, 0.3) is 0 Å². The van der Waals surface area contributed by atoms with E-state index in [0.29, 0.717) is 0 Å². The molecule has 3 N–H and O–H groups in total. The number of urea groups is 1. The molecule has 0 saturated carbocycles. The third-order valence-electron chi connectivity index (χ3n) is 1.75. The molecule has 92 valence electrons. The van der Waals surface area contributed by atoms with Crippen molar-refractivity contribution in [2.45, 2.75) is 4.90 Å². The Labute approximate surface area is 97.2 Å². The van der Waals surface area contributed by atoms with E-state index in [1.807, 2.05) is 5.43 Å². The minimum atomic E-state index is -3.50. The van der Waals surface area contributed by atoms with Crippen LogP contribution in [0.1, 0.15) is 5.56 Å². The number of amides is 2. The Bertz CT molecular complexity index is 569. The van der Waals surface area contributed by atoms with Gasteiger partial charge in [0.05, 0.1) is 11.1 Å². The molecule has 1 aromatic rings. The molecule has 2 amide bonds. The van der Waals surface area contributed by atoms with Crippen molar-refractivity contribution < 1.29 is 17.6 Å². The van der Waals surface area contributed by atoms with E-state index in [4.69, 9.17) is 5.73 Å². The lowest BCUT2D eigenvalue weighted by molar-refractivity contribution is 0.249. The van der Waals surface area contributed by atoms with Gasteiger partial charge in [0.2, 0.25) is 0 Å². The summed E-state index contributed by atoms with van der Waals surface area (Å²) in [5.41, 5.74) is 6.67. The zero-order valence-corrected chi connectivity index (χ0v) is 9.66. The minimum Gasteiger partial charge on any atom is -0.350 e. The number of carbonyl (C=O) groups excluding carboxylic acids is 1. The number of sulfone groups is 1. The van der Waals surface area contributed by atoms with Gasteiger partial charge >= 0.3 is 6.03 Å². The highest BCUT2D eigenvalue weighted by molar-refractivity contribution is 7.90. The largest absolute Gasteiger partial charge is 0.350 e. The molecule has 0 fully saturated rings. The first-order chi connectivity index (χ1) is 7.80. The molecule has 0 bridgehead atoms. The summed E-state index contributed by atoms with van der Waals surface area (Å²) >= 11 is 0. The smallest absolute Gasteiger partial charge is 0.332 e. The lowest BCUT2D eigenvalue weighted by Crippen LogP contribution is -2.24. The molecular weight excluding hydrogens is 249 g/mol. The maximum Gasteiger partial charge on any atom is 0.332 e. The van der Waals surface area contributed by atoms with Gasteiger partial charge in [0.1, 0.15) is 5.82 Å². The predicted octanol–water partition coefficient (Wildman–Crippen LogP) is 0.231. The fourth-order valence-corrected chi connectivity index (χ4v) is 1.98. The summed E-state index contributed by atoms with van der Waals surface area (Å²) in [4.78, 5) is 10.3. The minimum absolute atomic E-state index is 0.0289. The number of hydrogen-bond donors (Lipinski definition) is 2. The number of carbonyl (C=O) groups is 1. The van der Waals surface area contributed by atoms with Gasteiger partial charge in [-0.05, 0) is 18.2 Å². The molecule has 6 nitrogen and oxygen atoms in total. The summed E-state index contributed by atoms with van der Waals surface area (Å²) in [5, 5.41) is 3.38. The monoisotopic (exact) mass is 259 g/mol. The highest BCUT2D eigenvalue weighted by Crippen LogP contribution is 2.15. The van der Waals surface area contributed by atoms with Gasteiger partial charge in [0.15, 0.2) is 9.84 Å². The Morgan fingerprint density at radius 2 is 2.18 bits per heavy atom. The van der Waals surface area contributed by atoms with Crippen LogP contribution in [0.3, 0.4) is 0 Å². The summed E-state index contributed by atoms with van der Waals surface area (Å²) in [6.45, 7) is 0. The average Bonchev–Trinajstić information content (AvgIpc) is 2.15. The van der Waals surface area contributed by atoms with Crippen LogP contribution in [0, 0.1) is 5.82 Å². The van der Waals surface area contributed by atoms with Crippen LogP contribution < -0.4 is 11.2 Å². The van der Waals surface area contributed by atoms with Gasteiger partial charge in [-0.25, -0.2) is 23.0 Å². The lowest BCUT2D eigenvalue weighted by Gasteiger charge is -2.03. The number of hydrogen-bond acceptors (Lipinski definition) is 4. The Morgan fingerprint density at radius 3 is 2.71 bits per heavy atom. The number of primary amides is 1. The number of halogens is 1. The molecule has 1 aromatic carbocycles. The van der Waals surface area contributed by atoms with E-state index in [1.54, 1.807) is 0 Å². The highest BCUT2D eigenvalue weighted by Gasteiger charge is 2.12. The molecule has 0 radical (unpaired) electrons. The van der Waals surface area contributed by atoms with Gasteiger partial charge in [-0.2, -0.15) is 5.10 Å². The standard InChI is InChI=1S/C9H10FN3O3S/c1-17(15,16)8-3-2-7(10)4-6(8)5-12-13-9(11)14/h2-5H,1H3,(H3,11,13,14). The summed E-state index contributed by atoms with van der Waals surface area (Å²) in [5.74, 6) is -0.613. The molecule has 0 aromatic heterocycles. The number of nitrogens with two attached hydrogens (primary N) is 1. The van der Waals surface area contributed by atoms with E-state index < -0.39 is 21.7 Å². The van der Waals surface area contributed by atoms with Crippen LogP contribution in [0.15, 0.2) is 28.2 Å². The van der Waals surface area contributed by atoms with Crippen LogP contribution >= 0.6 is 0 Å². The molecule has 0 heterocycles. The topological polar surface area (TPSA) is 102 Å². The number of rotatable bonds is 3. The summed E-state index contributed by atoms with van der Waals surface area (Å²) in [6.07, 6.45) is 1.99. The van der Waals surface area contributed by atoms with Crippen LogP contribution in [-0.2, 0) is 9.84 Å². The summed E-state index contributed by atoms with van der Waals surface area (Å²) in [6, 6.07) is 2.23. The summed E-state index contributed by atoms with van der Waals surface area (Å²) in [7, 11) is -3.50. The van der Waals surface area contributed by atoms with Crippen molar-refractivity contribution in [1.82, 2.24) is 5.43 Å². The molecule has 1 rings (SSSR count). The molecular formula is C9H10FN3O3S. The van der Waals surface area contributed by atoms with Crippen molar-refractivity contribution in [2.24, 2.45) is 10.8 Å². The van der Waals surface area contributed by atoms with Crippen molar-refractivity contribution in [3.05, 3.63) is 29.6 Å². The first-order valence-corrected chi connectivity index (χ1v) is 6.28. The van der Waals surface area contributed by atoms with E-state index in [9.17, 15) is 17.6 Å². The third-order valence-corrected chi connectivity index (χ3v) is 2.92. The maximum atomic E-state index is 13.0. The molecule has 17 heavy (non-hydrogen) atoms. The maximum absolute atomic E-state index is 13.0. The molecule has 0 aliphatic carbocycles. The van der Waals surface area contributed by atoms with Gasteiger partial charge in [-0.1, -0.05) is 0 Å². The second-order valence-corrected chi connectivity index (χ2v) is 5.17. The van der Waals surface area contributed by atoms with Crippen LogP contribution in [0.25, 0.3) is 0 Å². The molecule has 0 unspecified atom stereocenters. The quantitative estimate of drug-likeness (QED) is 0.461. The number of hydrazone groups is 1. The van der Waals surface area contributed by atoms with Gasteiger partial charge in [0, 0.05) is 11.8 Å². The van der Waals surface area contributed by atoms with Crippen LogP contribution in [0.4, 0.5) is 9.18 Å². The van der Waals surface area contributed by atoms with Crippen LogP contribution in [0.2, 0.25) is 0 Å². The number of nitrogens with one attached hydrogen (secondary N) is 1. The average molecular weight is 259 g/mol. The lowest BCUT2D eigenvalue weighted by atomic mass is 10.2. The van der Waals surface area contributed by atoms with E-state index in [0.717, 1.165) is 30.7 Å². The second kappa shape index (κ2) is 4.91. The zero-order valence-electron chi connectivity index (χ0n) is 8.84. The van der Waals surface area contributed by atoms with Gasteiger partial charge in [-0.15, -0.1) is 0 Å². The Hall–Kier alpha value is -1.96.